The Morgan fingerprint density at radius 2 is 2.21 bits per heavy atom. The fourth-order valence-corrected chi connectivity index (χ4v) is 1.11. The van der Waals surface area contributed by atoms with Crippen molar-refractivity contribution in [3.63, 3.8) is 0 Å². The highest BCUT2D eigenvalue weighted by Gasteiger charge is 2.18. The summed E-state index contributed by atoms with van der Waals surface area (Å²) in [4.78, 5) is 3.47. The Morgan fingerprint density at radius 3 is 2.79 bits per heavy atom. The van der Waals surface area contributed by atoms with Crippen molar-refractivity contribution in [2.75, 3.05) is 13.6 Å². The molecule has 0 aromatic carbocycles. The maximum Gasteiger partial charge on any atom is 0.213 e. The van der Waals surface area contributed by atoms with Gasteiger partial charge in [0.05, 0.1) is 11.8 Å². The fourth-order valence-electron chi connectivity index (χ4n) is 1.11. The number of halogens is 1. The summed E-state index contributed by atoms with van der Waals surface area (Å²) < 4.78 is 12.7. The van der Waals surface area contributed by atoms with Crippen LogP contribution >= 0.6 is 0 Å². The molecular formula is C9H13FN2O2. The first-order chi connectivity index (χ1) is 6.65. The first-order valence-electron chi connectivity index (χ1n) is 4.28. The second-order valence-electron chi connectivity index (χ2n) is 2.96. The lowest BCUT2D eigenvalue weighted by molar-refractivity contribution is 0.0172. The van der Waals surface area contributed by atoms with Crippen LogP contribution in [0, 0.1) is 5.95 Å². The van der Waals surface area contributed by atoms with Crippen LogP contribution in [0.4, 0.5) is 4.39 Å². The molecule has 0 saturated heterocycles. The van der Waals surface area contributed by atoms with Gasteiger partial charge in [0.15, 0.2) is 0 Å². The van der Waals surface area contributed by atoms with Crippen molar-refractivity contribution in [2.24, 2.45) is 0 Å². The third-order valence-corrected chi connectivity index (χ3v) is 1.82. The lowest BCUT2D eigenvalue weighted by Crippen LogP contribution is -2.30. The highest BCUT2D eigenvalue weighted by Crippen LogP contribution is 2.13. The Balaban J connectivity index is 2.73. The Kier molecular flexibility index (Phi) is 3.94. The van der Waals surface area contributed by atoms with E-state index in [-0.39, 0.29) is 12.2 Å². The Labute approximate surface area is 81.4 Å². The van der Waals surface area contributed by atoms with E-state index >= 15 is 0 Å². The van der Waals surface area contributed by atoms with Crippen LogP contribution in [0.2, 0.25) is 0 Å². The number of aromatic nitrogens is 1. The largest absolute Gasteiger partial charge is 0.389 e. The number of likely N-dealkylation sites (N-methyl/N-ethyl adjacent to an activating group) is 1. The van der Waals surface area contributed by atoms with Crippen molar-refractivity contribution in [3.05, 3.63) is 29.8 Å². The molecule has 0 bridgehead atoms. The minimum atomic E-state index is -1.17. The standard InChI is InChI=1S/C9H13FN2O2/c1-11-5-7(13)9(14)6-3-2-4-8(10)12-6/h2-4,7,9,11,13-14H,5H2,1H3. The lowest BCUT2D eigenvalue weighted by Gasteiger charge is -2.16. The SMILES string of the molecule is CNCC(O)C(O)c1cccc(F)n1. The van der Waals surface area contributed by atoms with Crippen molar-refractivity contribution >= 4 is 0 Å². The van der Waals surface area contributed by atoms with Gasteiger partial charge in [0.1, 0.15) is 6.10 Å². The van der Waals surface area contributed by atoms with Crippen LogP contribution in [0.1, 0.15) is 11.8 Å². The van der Waals surface area contributed by atoms with Gasteiger partial charge in [-0.1, -0.05) is 6.07 Å². The molecule has 4 nitrogen and oxygen atoms in total. The van der Waals surface area contributed by atoms with Crippen molar-refractivity contribution in [2.45, 2.75) is 12.2 Å². The number of nitrogens with zero attached hydrogens (tertiary/aromatic N) is 1. The first kappa shape index (κ1) is 11.0. The molecule has 5 heteroatoms. The molecular weight excluding hydrogens is 187 g/mol. The summed E-state index contributed by atoms with van der Waals surface area (Å²) in [5, 5.41) is 21.6. The topological polar surface area (TPSA) is 65.4 Å². The van der Waals surface area contributed by atoms with Crippen molar-refractivity contribution in [1.29, 1.82) is 0 Å². The van der Waals surface area contributed by atoms with E-state index in [1.807, 2.05) is 0 Å². The average Bonchev–Trinajstić information content (AvgIpc) is 2.17. The van der Waals surface area contributed by atoms with Crippen LogP contribution in [0.5, 0.6) is 0 Å². The molecule has 1 aromatic heterocycles. The van der Waals surface area contributed by atoms with Gasteiger partial charge in [-0.2, -0.15) is 4.39 Å². The highest BCUT2D eigenvalue weighted by molar-refractivity contribution is 5.09. The Morgan fingerprint density at radius 1 is 1.50 bits per heavy atom. The number of nitrogens with one attached hydrogen (secondary N) is 1. The van der Waals surface area contributed by atoms with Crippen LogP contribution < -0.4 is 5.32 Å². The van der Waals surface area contributed by atoms with Gasteiger partial charge in [-0.15, -0.1) is 0 Å². The maximum atomic E-state index is 12.7. The van der Waals surface area contributed by atoms with Crippen molar-refractivity contribution in [3.8, 4) is 0 Å². The molecule has 0 aliphatic heterocycles. The molecule has 78 valence electrons. The van der Waals surface area contributed by atoms with E-state index < -0.39 is 18.2 Å². The molecule has 0 spiro atoms. The number of hydrogen-bond donors (Lipinski definition) is 3. The van der Waals surface area contributed by atoms with Crippen molar-refractivity contribution < 1.29 is 14.6 Å². The summed E-state index contributed by atoms with van der Waals surface area (Å²) in [6.45, 7) is 0.222. The zero-order valence-corrected chi connectivity index (χ0v) is 7.81. The fraction of sp³-hybridized carbons (Fsp3) is 0.444. The molecule has 0 aliphatic rings. The number of hydrogen-bond acceptors (Lipinski definition) is 4. The van der Waals surface area contributed by atoms with Crippen LogP contribution in [0.3, 0.4) is 0 Å². The van der Waals surface area contributed by atoms with Gasteiger partial charge >= 0.3 is 0 Å². The quantitative estimate of drug-likeness (QED) is 0.591. The van der Waals surface area contributed by atoms with Gasteiger partial charge in [-0.3, -0.25) is 0 Å². The number of pyridine rings is 1. The second kappa shape index (κ2) is 4.99. The predicted octanol–water partition coefficient (Wildman–Crippen LogP) is -0.166. The van der Waals surface area contributed by atoms with Crippen molar-refractivity contribution in [1.82, 2.24) is 10.3 Å². The molecule has 14 heavy (non-hydrogen) atoms. The van der Waals surface area contributed by atoms with Gasteiger partial charge in [-0.25, -0.2) is 4.98 Å². The van der Waals surface area contributed by atoms with E-state index in [1.165, 1.54) is 18.2 Å². The molecule has 3 N–H and O–H groups in total. The Bertz CT molecular complexity index is 296. The summed E-state index contributed by atoms with van der Waals surface area (Å²) in [5.74, 6) is -0.668. The smallest absolute Gasteiger partial charge is 0.213 e. The minimum absolute atomic E-state index is 0.132. The zero-order valence-electron chi connectivity index (χ0n) is 7.81. The van der Waals surface area contributed by atoms with E-state index in [1.54, 1.807) is 7.05 Å². The van der Waals surface area contributed by atoms with Gasteiger partial charge in [0.2, 0.25) is 5.95 Å². The monoisotopic (exact) mass is 200 g/mol. The molecule has 0 fully saturated rings. The van der Waals surface area contributed by atoms with Gasteiger partial charge in [0, 0.05) is 6.54 Å². The van der Waals surface area contributed by atoms with Crippen LogP contribution in [0.25, 0.3) is 0 Å². The number of rotatable bonds is 4. The molecule has 1 rings (SSSR count). The van der Waals surface area contributed by atoms with E-state index in [9.17, 15) is 14.6 Å². The molecule has 0 saturated carbocycles. The van der Waals surface area contributed by atoms with E-state index in [4.69, 9.17) is 0 Å². The number of aliphatic hydroxyl groups excluding tert-OH is 2. The molecule has 2 unspecified atom stereocenters. The zero-order chi connectivity index (χ0) is 10.6. The molecule has 0 radical (unpaired) electrons. The molecule has 2 atom stereocenters. The summed E-state index contributed by atoms with van der Waals surface area (Å²) in [6.07, 6.45) is -2.16. The summed E-state index contributed by atoms with van der Waals surface area (Å²) in [7, 11) is 1.65. The Hall–Kier alpha value is -1.04. The van der Waals surface area contributed by atoms with Crippen LogP contribution in [-0.4, -0.2) is 34.9 Å². The molecule has 0 aliphatic carbocycles. The van der Waals surface area contributed by atoms with E-state index in [0.717, 1.165) is 0 Å². The summed E-state index contributed by atoms with van der Waals surface area (Å²) in [6, 6.07) is 4.08. The van der Waals surface area contributed by atoms with Crippen LogP contribution in [-0.2, 0) is 0 Å². The number of aliphatic hydroxyl groups is 2. The molecule has 0 amide bonds. The van der Waals surface area contributed by atoms with Crippen LogP contribution in [0.15, 0.2) is 18.2 Å². The summed E-state index contributed by atoms with van der Waals surface area (Å²) >= 11 is 0. The van der Waals surface area contributed by atoms with E-state index in [2.05, 4.69) is 10.3 Å². The average molecular weight is 200 g/mol. The van der Waals surface area contributed by atoms with Gasteiger partial charge < -0.3 is 15.5 Å². The third kappa shape index (κ3) is 2.73. The third-order valence-electron chi connectivity index (χ3n) is 1.82. The van der Waals surface area contributed by atoms with E-state index in [0.29, 0.717) is 0 Å². The maximum absolute atomic E-state index is 12.7. The highest BCUT2D eigenvalue weighted by atomic mass is 19.1. The lowest BCUT2D eigenvalue weighted by atomic mass is 10.1. The normalized spacial score (nSPS) is 15.1. The van der Waals surface area contributed by atoms with Gasteiger partial charge in [0.25, 0.3) is 0 Å². The second-order valence-corrected chi connectivity index (χ2v) is 2.96. The van der Waals surface area contributed by atoms with Gasteiger partial charge in [-0.05, 0) is 19.2 Å². The minimum Gasteiger partial charge on any atom is -0.389 e. The summed E-state index contributed by atoms with van der Waals surface area (Å²) in [5.41, 5.74) is 0.132. The molecule has 1 aromatic rings. The first-order valence-corrected chi connectivity index (χ1v) is 4.28. The molecule has 1 heterocycles. The predicted molar refractivity (Wildman–Crippen MR) is 49.1 cm³/mol.